The SMILES string of the molecule is COc1cc(C(=O)N(C)C[C@H](C)C#N)ccc1OCc1ccccc1. The molecule has 0 aliphatic heterocycles. The van der Waals surface area contributed by atoms with Gasteiger partial charge in [-0.05, 0) is 30.7 Å². The van der Waals surface area contributed by atoms with Crippen LogP contribution in [0.2, 0.25) is 0 Å². The molecule has 130 valence electrons. The number of ether oxygens (including phenoxy) is 2. The van der Waals surface area contributed by atoms with E-state index in [9.17, 15) is 4.79 Å². The fourth-order valence-corrected chi connectivity index (χ4v) is 2.41. The van der Waals surface area contributed by atoms with Crippen LogP contribution in [0.3, 0.4) is 0 Å². The first-order chi connectivity index (χ1) is 12.0. The fourth-order valence-electron chi connectivity index (χ4n) is 2.41. The van der Waals surface area contributed by atoms with Gasteiger partial charge in [-0.25, -0.2) is 0 Å². The van der Waals surface area contributed by atoms with Gasteiger partial charge < -0.3 is 14.4 Å². The number of methoxy groups -OCH3 is 1. The van der Waals surface area contributed by atoms with Gasteiger partial charge in [0.15, 0.2) is 11.5 Å². The summed E-state index contributed by atoms with van der Waals surface area (Å²) in [6.07, 6.45) is 0. The maximum absolute atomic E-state index is 12.5. The highest BCUT2D eigenvalue weighted by Gasteiger charge is 2.16. The van der Waals surface area contributed by atoms with Crippen LogP contribution < -0.4 is 9.47 Å². The van der Waals surface area contributed by atoms with Gasteiger partial charge in [0.25, 0.3) is 5.91 Å². The zero-order chi connectivity index (χ0) is 18.2. The highest BCUT2D eigenvalue weighted by atomic mass is 16.5. The lowest BCUT2D eigenvalue weighted by atomic mass is 10.1. The number of benzene rings is 2. The van der Waals surface area contributed by atoms with Crippen molar-refractivity contribution in [2.45, 2.75) is 13.5 Å². The summed E-state index contributed by atoms with van der Waals surface area (Å²) in [6.45, 7) is 2.58. The second-order valence-electron chi connectivity index (χ2n) is 5.86. The van der Waals surface area contributed by atoms with Crippen molar-refractivity contribution < 1.29 is 14.3 Å². The van der Waals surface area contributed by atoms with Crippen LogP contribution in [0.1, 0.15) is 22.8 Å². The third kappa shape index (κ3) is 4.98. The third-order valence-electron chi connectivity index (χ3n) is 3.76. The van der Waals surface area contributed by atoms with Crippen molar-refractivity contribution in [3.8, 4) is 17.6 Å². The number of carbonyl (C=O) groups is 1. The van der Waals surface area contributed by atoms with E-state index in [0.29, 0.717) is 30.2 Å². The highest BCUT2D eigenvalue weighted by Crippen LogP contribution is 2.29. The molecule has 2 rings (SSSR count). The van der Waals surface area contributed by atoms with Crippen molar-refractivity contribution in [2.75, 3.05) is 20.7 Å². The van der Waals surface area contributed by atoms with E-state index in [2.05, 4.69) is 6.07 Å². The van der Waals surface area contributed by atoms with Crippen molar-refractivity contribution in [1.82, 2.24) is 4.90 Å². The van der Waals surface area contributed by atoms with Crippen LogP contribution in [-0.4, -0.2) is 31.5 Å². The molecule has 25 heavy (non-hydrogen) atoms. The molecule has 1 amide bonds. The van der Waals surface area contributed by atoms with Gasteiger partial charge in [-0.2, -0.15) is 5.26 Å². The van der Waals surface area contributed by atoms with Crippen molar-refractivity contribution in [3.63, 3.8) is 0 Å². The van der Waals surface area contributed by atoms with E-state index in [4.69, 9.17) is 14.7 Å². The monoisotopic (exact) mass is 338 g/mol. The minimum Gasteiger partial charge on any atom is -0.493 e. The minimum atomic E-state index is -0.218. The zero-order valence-corrected chi connectivity index (χ0v) is 14.7. The van der Waals surface area contributed by atoms with Crippen molar-refractivity contribution in [1.29, 1.82) is 5.26 Å². The van der Waals surface area contributed by atoms with E-state index in [1.54, 1.807) is 39.3 Å². The Hall–Kier alpha value is -3.00. The Labute approximate surface area is 148 Å². The molecule has 5 heteroatoms. The summed E-state index contributed by atoms with van der Waals surface area (Å²) in [7, 11) is 3.23. The first kappa shape index (κ1) is 18.3. The van der Waals surface area contributed by atoms with Crippen LogP contribution in [0.15, 0.2) is 48.5 Å². The lowest BCUT2D eigenvalue weighted by Crippen LogP contribution is -2.30. The highest BCUT2D eigenvalue weighted by molar-refractivity contribution is 5.94. The average molecular weight is 338 g/mol. The number of amides is 1. The molecule has 0 aromatic heterocycles. The maximum Gasteiger partial charge on any atom is 0.253 e. The predicted molar refractivity (Wildman–Crippen MR) is 95.5 cm³/mol. The summed E-state index contributed by atoms with van der Waals surface area (Å²) in [5.74, 6) is 0.707. The third-order valence-corrected chi connectivity index (χ3v) is 3.76. The molecule has 0 N–H and O–H groups in total. The van der Waals surface area contributed by atoms with Crippen LogP contribution in [-0.2, 0) is 6.61 Å². The zero-order valence-electron chi connectivity index (χ0n) is 14.7. The molecular weight excluding hydrogens is 316 g/mol. The summed E-state index contributed by atoms with van der Waals surface area (Å²) in [4.78, 5) is 14.0. The smallest absolute Gasteiger partial charge is 0.253 e. The molecule has 0 unspecified atom stereocenters. The molecule has 0 bridgehead atoms. The predicted octanol–water partition coefficient (Wildman–Crippen LogP) is 3.51. The molecule has 5 nitrogen and oxygen atoms in total. The first-order valence-corrected chi connectivity index (χ1v) is 8.05. The molecule has 0 saturated heterocycles. The summed E-state index contributed by atoms with van der Waals surface area (Å²) in [5.41, 5.74) is 1.55. The van der Waals surface area contributed by atoms with Gasteiger partial charge in [0.1, 0.15) is 6.61 Å². The van der Waals surface area contributed by atoms with Crippen molar-refractivity contribution >= 4 is 5.91 Å². The van der Waals surface area contributed by atoms with Gasteiger partial charge in [-0.1, -0.05) is 30.3 Å². The number of hydrogen-bond donors (Lipinski definition) is 0. The maximum atomic E-state index is 12.5. The molecule has 0 aliphatic rings. The molecule has 1 atom stereocenters. The molecule has 0 heterocycles. The molecule has 0 radical (unpaired) electrons. The molecule has 2 aromatic carbocycles. The number of nitriles is 1. The Morgan fingerprint density at radius 2 is 1.92 bits per heavy atom. The fraction of sp³-hybridized carbons (Fsp3) is 0.300. The molecule has 0 aliphatic carbocycles. The summed E-state index contributed by atoms with van der Waals surface area (Å²) >= 11 is 0. The van der Waals surface area contributed by atoms with Crippen LogP contribution >= 0.6 is 0 Å². The number of nitrogens with zero attached hydrogens (tertiary/aromatic N) is 2. The Morgan fingerprint density at radius 3 is 2.56 bits per heavy atom. The summed E-state index contributed by atoms with van der Waals surface area (Å²) in [5, 5.41) is 8.88. The average Bonchev–Trinajstić information content (AvgIpc) is 2.66. The minimum absolute atomic E-state index is 0.157. The quantitative estimate of drug-likeness (QED) is 0.775. The first-order valence-electron chi connectivity index (χ1n) is 8.05. The van der Waals surface area contributed by atoms with Gasteiger partial charge in [0, 0.05) is 19.2 Å². The second kappa shape index (κ2) is 8.74. The van der Waals surface area contributed by atoms with Crippen molar-refractivity contribution in [2.24, 2.45) is 5.92 Å². The largest absolute Gasteiger partial charge is 0.493 e. The van der Waals surface area contributed by atoms with E-state index in [-0.39, 0.29) is 11.8 Å². The van der Waals surface area contributed by atoms with Crippen LogP contribution in [0.25, 0.3) is 0 Å². The van der Waals surface area contributed by atoms with Gasteiger partial charge in [0.2, 0.25) is 0 Å². The van der Waals surface area contributed by atoms with E-state index in [1.807, 2.05) is 30.3 Å². The van der Waals surface area contributed by atoms with E-state index in [0.717, 1.165) is 5.56 Å². The molecular formula is C20H22N2O3. The number of hydrogen-bond acceptors (Lipinski definition) is 4. The van der Waals surface area contributed by atoms with Gasteiger partial charge in [-0.3, -0.25) is 4.79 Å². The van der Waals surface area contributed by atoms with Crippen LogP contribution in [0.5, 0.6) is 11.5 Å². The normalized spacial score (nSPS) is 11.3. The van der Waals surface area contributed by atoms with E-state index in [1.165, 1.54) is 4.90 Å². The molecule has 0 saturated carbocycles. The molecule has 0 spiro atoms. The summed E-state index contributed by atoms with van der Waals surface area (Å²) in [6, 6.07) is 17.1. The Bertz CT molecular complexity index is 753. The molecule has 0 fully saturated rings. The summed E-state index contributed by atoms with van der Waals surface area (Å²) < 4.78 is 11.2. The number of carbonyl (C=O) groups excluding carboxylic acids is 1. The van der Waals surface area contributed by atoms with Gasteiger partial charge >= 0.3 is 0 Å². The molecule has 2 aromatic rings. The Kier molecular flexibility index (Phi) is 6.41. The van der Waals surface area contributed by atoms with E-state index >= 15 is 0 Å². The standard InChI is InChI=1S/C20H22N2O3/c1-15(12-21)13-22(2)20(23)17-9-10-18(19(11-17)24-3)25-14-16-7-5-4-6-8-16/h4-11,15H,13-14H2,1-3H3/t15-/m1/s1. The topological polar surface area (TPSA) is 62.6 Å². The van der Waals surface area contributed by atoms with Gasteiger partial charge in [-0.15, -0.1) is 0 Å². The Morgan fingerprint density at radius 1 is 1.20 bits per heavy atom. The second-order valence-corrected chi connectivity index (χ2v) is 5.86. The van der Waals surface area contributed by atoms with Gasteiger partial charge in [0.05, 0.1) is 19.1 Å². The van der Waals surface area contributed by atoms with Crippen LogP contribution in [0.4, 0.5) is 0 Å². The van der Waals surface area contributed by atoms with Crippen LogP contribution in [0, 0.1) is 17.2 Å². The van der Waals surface area contributed by atoms with E-state index < -0.39 is 0 Å². The lowest BCUT2D eigenvalue weighted by Gasteiger charge is -2.19. The lowest BCUT2D eigenvalue weighted by molar-refractivity contribution is 0.0784. The number of rotatable bonds is 7. The Balaban J connectivity index is 2.10. The van der Waals surface area contributed by atoms with Crippen molar-refractivity contribution in [3.05, 3.63) is 59.7 Å².